The average molecular weight is 342 g/mol. The monoisotopic (exact) mass is 342 g/mol. The van der Waals surface area contributed by atoms with Crippen LogP contribution in [0.4, 0.5) is 4.39 Å². The number of hydrogen-bond donors (Lipinski definition) is 0. The lowest BCUT2D eigenvalue weighted by atomic mass is 10.3. The Kier molecular flexibility index (Phi) is 3.68. The number of hydrogen-bond acceptors (Lipinski definition) is 4. The first-order chi connectivity index (χ1) is 10.0. The van der Waals surface area contributed by atoms with Crippen molar-refractivity contribution >= 4 is 42.9 Å². The normalized spacial score (nSPS) is 13.1. The zero-order valence-corrected chi connectivity index (χ0v) is 13.4. The van der Waals surface area contributed by atoms with Gasteiger partial charge in [0.1, 0.15) is 10.0 Å². The highest BCUT2D eigenvalue weighted by Gasteiger charge is 2.15. The van der Waals surface area contributed by atoms with Crippen molar-refractivity contribution in [2.75, 3.05) is 0 Å². The molecule has 21 heavy (non-hydrogen) atoms. The maximum absolute atomic E-state index is 13.3. The fourth-order valence-electron chi connectivity index (χ4n) is 1.98. The molecule has 0 spiro atoms. The maximum atomic E-state index is 13.3. The van der Waals surface area contributed by atoms with E-state index in [1.54, 1.807) is 22.1 Å². The molecule has 8 heteroatoms. The van der Waals surface area contributed by atoms with Crippen LogP contribution in [-0.2, 0) is 16.6 Å². The first-order valence-electron chi connectivity index (χ1n) is 6.14. The number of aromatic nitrogens is 1. The summed E-state index contributed by atoms with van der Waals surface area (Å²) < 4.78 is 44.3. The van der Waals surface area contributed by atoms with Crippen LogP contribution in [0.15, 0.2) is 44.3 Å². The second kappa shape index (κ2) is 5.36. The number of thiophene rings is 1. The first kappa shape index (κ1) is 14.4. The van der Waals surface area contributed by atoms with Gasteiger partial charge in [0.2, 0.25) is 4.80 Å². The molecule has 3 rings (SSSR count). The summed E-state index contributed by atoms with van der Waals surface area (Å²) in [5.41, 5.74) is 0.782. The Labute approximate surface area is 128 Å². The topological polar surface area (TPSA) is 51.4 Å². The van der Waals surface area contributed by atoms with Crippen LogP contribution in [0.5, 0.6) is 0 Å². The van der Waals surface area contributed by atoms with E-state index in [-0.39, 0.29) is 10.0 Å². The van der Waals surface area contributed by atoms with Gasteiger partial charge in [0.15, 0.2) is 0 Å². The van der Waals surface area contributed by atoms with E-state index >= 15 is 0 Å². The van der Waals surface area contributed by atoms with Gasteiger partial charge in [-0.2, -0.15) is 8.42 Å². The van der Waals surface area contributed by atoms with E-state index in [9.17, 15) is 12.8 Å². The van der Waals surface area contributed by atoms with E-state index in [0.29, 0.717) is 16.0 Å². The van der Waals surface area contributed by atoms with Gasteiger partial charge in [-0.05, 0) is 36.6 Å². The third kappa shape index (κ3) is 2.66. The fraction of sp³-hybridized carbons (Fsp3) is 0.154. The van der Waals surface area contributed by atoms with Crippen LogP contribution in [0.2, 0.25) is 0 Å². The van der Waals surface area contributed by atoms with E-state index < -0.39 is 10.0 Å². The van der Waals surface area contributed by atoms with E-state index in [0.717, 1.165) is 16.9 Å². The molecule has 0 amide bonds. The molecule has 0 unspecified atom stereocenters. The molecular formula is C13H11FN2O2S3. The average Bonchev–Trinajstić information content (AvgIpc) is 3.04. The van der Waals surface area contributed by atoms with E-state index in [4.69, 9.17) is 0 Å². The zero-order valence-electron chi connectivity index (χ0n) is 11.0. The first-order valence-corrected chi connectivity index (χ1v) is 9.28. The van der Waals surface area contributed by atoms with Crippen LogP contribution in [0, 0.1) is 5.82 Å². The molecule has 2 aromatic heterocycles. The fourth-order valence-corrected chi connectivity index (χ4v) is 5.27. The smallest absolute Gasteiger partial charge is 0.294 e. The molecule has 3 aromatic rings. The number of benzene rings is 1. The predicted molar refractivity (Wildman–Crippen MR) is 82.5 cm³/mol. The Morgan fingerprint density at radius 3 is 2.81 bits per heavy atom. The molecule has 0 N–H and O–H groups in total. The second-order valence-electron chi connectivity index (χ2n) is 4.24. The summed E-state index contributed by atoms with van der Waals surface area (Å²) in [6.07, 6.45) is 0. The van der Waals surface area contributed by atoms with Crippen LogP contribution in [0.1, 0.15) is 6.92 Å². The number of halogens is 1. The lowest BCUT2D eigenvalue weighted by Gasteiger charge is -2.00. The summed E-state index contributed by atoms with van der Waals surface area (Å²) in [6.45, 7) is 2.46. The largest absolute Gasteiger partial charge is 0.316 e. The highest BCUT2D eigenvalue weighted by Crippen LogP contribution is 2.21. The lowest BCUT2D eigenvalue weighted by Crippen LogP contribution is -2.15. The third-order valence-electron chi connectivity index (χ3n) is 2.91. The minimum atomic E-state index is -3.72. The lowest BCUT2D eigenvalue weighted by molar-refractivity contribution is 0.597. The van der Waals surface area contributed by atoms with Crippen LogP contribution in [0.3, 0.4) is 0 Å². The molecule has 0 aliphatic rings. The summed E-state index contributed by atoms with van der Waals surface area (Å²) >= 11 is 2.29. The Balaban J connectivity index is 2.27. The molecule has 0 aliphatic carbocycles. The highest BCUT2D eigenvalue weighted by molar-refractivity contribution is 7.92. The summed E-state index contributed by atoms with van der Waals surface area (Å²) in [5, 5.41) is 1.69. The molecule has 0 bridgehead atoms. The van der Waals surface area contributed by atoms with E-state index in [1.165, 1.54) is 29.5 Å². The van der Waals surface area contributed by atoms with Gasteiger partial charge in [-0.3, -0.25) is 0 Å². The molecule has 1 aromatic carbocycles. The second-order valence-corrected chi connectivity index (χ2v) is 8.03. The van der Waals surface area contributed by atoms with Crippen molar-refractivity contribution in [2.45, 2.75) is 17.7 Å². The van der Waals surface area contributed by atoms with Crippen LogP contribution < -0.4 is 4.80 Å². The van der Waals surface area contributed by atoms with Crippen molar-refractivity contribution in [1.29, 1.82) is 0 Å². The van der Waals surface area contributed by atoms with Gasteiger partial charge in [0, 0.05) is 6.54 Å². The van der Waals surface area contributed by atoms with Crippen LogP contribution in [0.25, 0.3) is 10.2 Å². The van der Waals surface area contributed by atoms with Crippen molar-refractivity contribution in [1.82, 2.24) is 4.57 Å². The van der Waals surface area contributed by atoms with Gasteiger partial charge in [0.05, 0.1) is 10.2 Å². The van der Waals surface area contributed by atoms with Crippen molar-refractivity contribution in [3.63, 3.8) is 0 Å². The van der Waals surface area contributed by atoms with Gasteiger partial charge in [0.25, 0.3) is 10.0 Å². The SMILES string of the molecule is CCn1c(=NS(=O)(=O)c2cccs2)sc2cc(F)ccc21. The molecule has 0 saturated heterocycles. The molecule has 0 aliphatic heterocycles. The number of nitrogens with zero attached hydrogens (tertiary/aromatic N) is 2. The number of fused-ring (bicyclic) bond motifs is 1. The molecule has 0 radical (unpaired) electrons. The van der Waals surface area contributed by atoms with Gasteiger partial charge < -0.3 is 4.57 Å². The van der Waals surface area contributed by atoms with Crippen LogP contribution >= 0.6 is 22.7 Å². The summed E-state index contributed by atoms with van der Waals surface area (Å²) in [5.74, 6) is -0.348. The molecule has 2 heterocycles. The van der Waals surface area contributed by atoms with Crippen molar-refractivity contribution < 1.29 is 12.8 Å². The standard InChI is InChI=1S/C13H11FN2O2S3/c1-2-16-10-6-5-9(14)8-11(10)20-13(16)15-21(17,18)12-4-3-7-19-12/h3-8H,2H2,1H3. The minimum absolute atomic E-state index is 0.203. The Morgan fingerprint density at radius 2 is 2.14 bits per heavy atom. The molecule has 0 saturated carbocycles. The Bertz CT molecular complexity index is 953. The zero-order chi connectivity index (χ0) is 15.0. The van der Waals surface area contributed by atoms with Crippen molar-refractivity contribution in [2.24, 2.45) is 4.40 Å². The molecular weight excluding hydrogens is 331 g/mol. The highest BCUT2D eigenvalue weighted by atomic mass is 32.2. The molecule has 110 valence electrons. The maximum Gasteiger partial charge on any atom is 0.294 e. The molecule has 0 atom stereocenters. The number of aryl methyl sites for hydroxylation is 1. The number of sulfonamides is 1. The molecule has 0 fully saturated rings. The van der Waals surface area contributed by atoms with Crippen LogP contribution in [-0.4, -0.2) is 13.0 Å². The summed E-state index contributed by atoms with van der Waals surface area (Å²) in [7, 11) is -3.72. The number of thiazole rings is 1. The molecule has 4 nitrogen and oxygen atoms in total. The van der Waals surface area contributed by atoms with Gasteiger partial charge in [-0.15, -0.1) is 15.7 Å². The third-order valence-corrected chi connectivity index (χ3v) is 6.71. The van der Waals surface area contributed by atoms with Gasteiger partial charge >= 0.3 is 0 Å². The van der Waals surface area contributed by atoms with Gasteiger partial charge in [-0.25, -0.2) is 4.39 Å². The Hall–Kier alpha value is -1.51. The summed E-state index contributed by atoms with van der Waals surface area (Å²) in [6, 6.07) is 7.58. The van der Waals surface area contributed by atoms with Crippen molar-refractivity contribution in [3.05, 3.63) is 46.3 Å². The quantitative estimate of drug-likeness (QED) is 0.734. The summed E-state index contributed by atoms with van der Waals surface area (Å²) in [4.78, 5) is 0.353. The van der Waals surface area contributed by atoms with Gasteiger partial charge in [-0.1, -0.05) is 17.4 Å². The Morgan fingerprint density at radius 1 is 1.33 bits per heavy atom. The van der Waals surface area contributed by atoms with E-state index in [1.807, 2.05) is 6.92 Å². The number of rotatable bonds is 3. The minimum Gasteiger partial charge on any atom is -0.316 e. The van der Waals surface area contributed by atoms with Crippen molar-refractivity contribution in [3.8, 4) is 0 Å². The van der Waals surface area contributed by atoms with E-state index in [2.05, 4.69) is 4.40 Å². The predicted octanol–water partition coefficient (Wildman–Crippen LogP) is 3.21.